The van der Waals surface area contributed by atoms with Crippen LogP contribution in [0.15, 0.2) is 12.1 Å². The standard InChI is InChI=1S/C12H13NO/c1-4-10-5-11(7-13)8(2)12(6-10)9(3)14/h5-6H,4H2,1-3H3. The number of nitrogens with zero attached hydrogens (tertiary/aromatic N) is 1. The molecular formula is C12H13NO. The first-order valence-electron chi connectivity index (χ1n) is 4.64. The fourth-order valence-electron chi connectivity index (χ4n) is 1.46. The SMILES string of the molecule is CCc1cc(C#N)c(C)c(C(C)=O)c1. The molecule has 0 saturated carbocycles. The summed E-state index contributed by atoms with van der Waals surface area (Å²) in [7, 11) is 0. The lowest BCUT2D eigenvalue weighted by atomic mass is 9.96. The molecule has 2 heteroatoms. The molecule has 0 bridgehead atoms. The van der Waals surface area contributed by atoms with Gasteiger partial charge < -0.3 is 0 Å². The van der Waals surface area contributed by atoms with Gasteiger partial charge in [-0.25, -0.2) is 0 Å². The number of Topliss-reactive ketones (excluding diaryl/α,β-unsaturated/α-hetero) is 1. The predicted molar refractivity (Wildman–Crippen MR) is 55.3 cm³/mol. The van der Waals surface area contributed by atoms with Crippen LogP contribution < -0.4 is 0 Å². The normalized spacial score (nSPS) is 9.57. The molecule has 0 saturated heterocycles. The minimum atomic E-state index is 0.0225. The fourth-order valence-corrected chi connectivity index (χ4v) is 1.46. The van der Waals surface area contributed by atoms with Crippen LogP contribution in [-0.4, -0.2) is 5.78 Å². The number of hydrogen-bond acceptors (Lipinski definition) is 2. The van der Waals surface area contributed by atoms with Gasteiger partial charge in [-0.1, -0.05) is 6.92 Å². The average Bonchev–Trinajstić information content (AvgIpc) is 2.17. The molecule has 0 aliphatic heterocycles. The third kappa shape index (κ3) is 1.82. The van der Waals surface area contributed by atoms with Crippen molar-refractivity contribution >= 4 is 5.78 Å². The van der Waals surface area contributed by atoms with Crippen molar-refractivity contribution < 1.29 is 4.79 Å². The zero-order chi connectivity index (χ0) is 10.7. The Kier molecular flexibility index (Phi) is 3.03. The quantitative estimate of drug-likeness (QED) is 0.668. The molecule has 1 rings (SSSR count). The number of aryl methyl sites for hydroxylation is 1. The summed E-state index contributed by atoms with van der Waals surface area (Å²) in [6.45, 7) is 5.35. The second kappa shape index (κ2) is 4.06. The maximum absolute atomic E-state index is 11.3. The molecule has 0 heterocycles. The topological polar surface area (TPSA) is 40.9 Å². The summed E-state index contributed by atoms with van der Waals surface area (Å²) in [5.41, 5.74) is 3.10. The lowest BCUT2D eigenvalue weighted by molar-refractivity contribution is 0.101. The monoisotopic (exact) mass is 187 g/mol. The molecule has 14 heavy (non-hydrogen) atoms. The third-order valence-electron chi connectivity index (χ3n) is 2.38. The van der Waals surface area contributed by atoms with Gasteiger partial charge in [-0.05, 0) is 43.5 Å². The first-order chi connectivity index (χ1) is 6.60. The van der Waals surface area contributed by atoms with E-state index >= 15 is 0 Å². The maximum Gasteiger partial charge on any atom is 0.160 e. The summed E-state index contributed by atoms with van der Waals surface area (Å²) in [6.07, 6.45) is 0.842. The maximum atomic E-state index is 11.3. The summed E-state index contributed by atoms with van der Waals surface area (Å²) < 4.78 is 0. The highest BCUT2D eigenvalue weighted by molar-refractivity contribution is 5.96. The van der Waals surface area contributed by atoms with Crippen LogP contribution in [0.2, 0.25) is 0 Å². The highest BCUT2D eigenvalue weighted by Crippen LogP contribution is 2.17. The zero-order valence-corrected chi connectivity index (χ0v) is 8.72. The number of carbonyl (C=O) groups is 1. The van der Waals surface area contributed by atoms with Gasteiger partial charge in [0.1, 0.15) is 0 Å². The molecular weight excluding hydrogens is 174 g/mol. The van der Waals surface area contributed by atoms with Gasteiger partial charge in [0.15, 0.2) is 5.78 Å². The van der Waals surface area contributed by atoms with Crippen LogP contribution in [0.4, 0.5) is 0 Å². The van der Waals surface area contributed by atoms with Crippen LogP contribution >= 0.6 is 0 Å². The van der Waals surface area contributed by atoms with Gasteiger partial charge in [-0.2, -0.15) is 5.26 Å². The molecule has 0 radical (unpaired) electrons. The Hall–Kier alpha value is -1.62. The van der Waals surface area contributed by atoms with E-state index in [4.69, 9.17) is 5.26 Å². The third-order valence-corrected chi connectivity index (χ3v) is 2.38. The number of nitriles is 1. The first-order valence-corrected chi connectivity index (χ1v) is 4.64. The number of ketones is 1. The van der Waals surface area contributed by atoms with E-state index in [1.807, 2.05) is 26.0 Å². The summed E-state index contributed by atoms with van der Waals surface area (Å²) in [6, 6.07) is 5.84. The molecule has 1 aromatic rings. The minimum absolute atomic E-state index is 0.0225. The fraction of sp³-hybridized carbons (Fsp3) is 0.333. The molecule has 0 N–H and O–H groups in total. The first kappa shape index (κ1) is 10.5. The summed E-state index contributed by atoms with van der Waals surface area (Å²) >= 11 is 0. The molecule has 0 spiro atoms. The van der Waals surface area contributed by atoms with E-state index < -0.39 is 0 Å². The predicted octanol–water partition coefficient (Wildman–Crippen LogP) is 2.63. The van der Waals surface area contributed by atoms with Gasteiger partial charge in [0, 0.05) is 5.56 Å². The molecule has 0 aliphatic rings. The Morgan fingerprint density at radius 2 is 2.14 bits per heavy atom. The summed E-state index contributed by atoms with van der Waals surface area (Å²) in [5.74, 6) is 0.0225. The van der Waals surface area contributed by atoms with Crippen molar-refractivity contribution in [3.05, 3.63) is 34.4 Å². The van der Waals surface area contributed by atoms with Gasteiger partial charge >= 0.3 is 0 Å². The zero-order valence-electron chi connectivity index (χ0n) is 8.72. The lowest BCUT2D eigenvalue weighted by Crippen LogP contribution is -2.00. The van der Waals surface area contributed by atoms with Crippen molar-refractivity contribution in [3.63, 3.8) is 0 Å². The van der Waals surface area contributed by atoms with Crippen molar-refractivity contribution in [1.82, 2.24) is 0 Å². The molecule has 0 amide bonds. The molecule has 0 atom stereocenters. The molecule has 0 unspecified atom stereocenters. The van der Waals surface area contributed by atoms with Gasteiger partial charge in [0.05, 0.1) is 11.6 Å². The second-order valence-electron chi connectivity index (χ2n) is 3.34. The van der Waals surface area contributed by atoms with Crippen molar-refractivity contribution in [2.24, 2.45) is 0 Å². The number of benzene rings is 1. The largest absolute Gasteiger partial charge is 0.295 e. The van der Waals surface area contributed by atoms with Crippen molar-refractivity contribution in [2.45, 2.75) is 27.2 Å². The van der Waals surface area contributed by atoms with Gasteiger partial charge in [-0.15, -0.1) is 0 Å². The smallest absolute Gasteiger partial charge is 0.160 e. The molecule has 72 valence electrons. The summed E-state index contributed by atoms with van der Waals surface area (Å²) in [4.78, 5) is 11.3. The van der Waals surface area contributed by atoms with Crippen LogP contribution in [0.3, 0.4) is 0 Å². The highest BCUT2D eigenvalue weighted by Gasteiger charge is 2.09. The highest BCUT2D eigenvalue weighted by atomic mass is 16.1. The Morgan fingerprint density at radius 1 is 1.50 bits per heavy atom. The van der Waals surface area contributed by atoms with E-state index in [9.17, 15) is 4.79 Å². The van der Waals surface area contributed by atoms with E-state index in [2.05, 4.69) is 6.07 Å². The van der Waals surface area contributed by atoms with Gasteiger partial charge in [-0.3, -0.25) is 4.79 Å². The molecule has 0 aliphatic carbocycles. The van der Waals surface area contributed by atoms with E-state index in [0.717, 1.165) is 17.5 Å². The van der Waals surface area contributed by atoms with Crippen molar-refractivity contribution in [1.29, 1.82) is 5.26 Å². The Labute approximate surface area is 84.2 Å². The molecule has 0 fully saturated rings. The Morgan fingerprint density at radius 3 is 2.57 bits per heavy atom. The van der Waals surface area contributed by atoms with Crippen LogP contribution in [0.25, 0.3) is 0 Å². The van der Waals surface area contributed by atoms with Gasteiger partial charge in [0.2, 0.25) is 0 Å². The van der Waals surface area contributed by atoms with E-state index in [1.165, 1.54) is 6.92 Å². The van der Waals surface area contributed by atoms with Crippen LogP contribution in [0, 0.1) is 18.3 Å². The van der Waals surface area contributed by atoms with E-state index in [0.29, 0.717) is 11.1 Å². The van der Waals surface area contributed by atoms with E-state index in [1.54, 1.807) is 0 Å². The second-order valence-corrected chi connectivity index (χ2v) is 3.34. The lowest BCUT2D eigenvalue weighted by Gasteiger charge is -2.06. The number of hydrogen-bond donors (Lipinski definition) is 0. The molecule has 0 aromatic heterocycles. The van der Waals surface area contributed by atoms with Crippen LogP contribution in [-0.2, 0) is 6.42 Å². The average molecular weight is 187 g/mol. The number of carbonyl (C=O) groups excluding carboxylic acids is 1. The van der Waals surface area contributed by atoms with Gasteiger partial charge in [0.25, 0.3) is 0 Å². The summed E-state index contributed by atoms with van der Waals surface area (Å²) in [5, 5.41) is 8.88. The van der Waals surface area contributed by atoms with Crippen LogP contribution in [0.1, 0.15) is 40.9 Å². The van der Waals surface area contributed by atoms with Crippen molar-refractivity contribution in [3.8, 4) is 6.07 Å². The Balaban J connectivity index is 3.44. The Bertz CT molecular complexity index is 413. The van der Waals surface area contributed by atoms with Crippen molar-refractivity contribution in [2.75, 3.05) is 0 Å². The molecule has 2 nitrogen and oxygen atoms in total. The number of rotatable bonds is 2. The minimum Gasteiger partial charge on any atom is -0.295 e. The molecule has 1 aromatic carbocycles. The van der Waals surface area contributed by atoms with Crippen LogP contribution in [0.5, 0.6) is 0 Å². The van der Waals surface area contributed by atoms with E-state index in [-0.39, 0.29) is 5.78 Å².